The van der Waals surface area contributed by atoms with Crippen LogP contribution in [0.1, 0.15) is 59.5 Å². The number of rotatable bonds is 14. The molecule has 5 aromatic rings. The number of ether oxygens (including phenoxy) is 1. The molecule has 0 saturated heterocycles. The number of hydrogen-bond donors (Lipinski definition) is 3. The van der Waals surface area contributed by atoms with Crippen molar-refractivity contribution in [2.45, 2.75) is 57.8 Å². The van der Waals surface area contributed by atoms with Crippen molar-refractivity contribution in [1.82, 2.24) is 14.5 Å². The first-order valence-corrected chi connectivity index (χ1v) is 14.4. The number of carbonyl (C=O) groups is 2. The van der Waals surface area contributed by atoms with Crippen LogP contribution in [0.5, 0.6) is 0 Å². The van der Waals surface area contributed by atoms with Crippen LogP contribution in [0.25, 0.3) is 10.9 Å². The Hall–Kier alpha value is -4.69. The first kappa shape index (κ1) is 28.8. The summed E-state index contributed by atoms with van der Waals surface area (Å²) in [6.07, 6.45) is 6.21. The van der Waals surface area contributed by atoms with Gasteiger partial charge in [-0.15, -0.1) is 0 Å². The highest BCUT2D eigenvalue weighted by atomic mass is 16.5. The second kappa shape index (κ2) is 13.8. The van der Waals surface area contributed by atoms with E-state index in [9.17, 15) is 9.59 Å². The van der Waals surface area contributed by atoms with E-state index >= 15 is 0 Å². The van der Waals surface area contributed by atoms with Crippen LogP contribution < -0.4 is 11.1 Å². The maximum Gasteiger partial charge on any atom is 0.266 e. The highest BCUT2D eigenvalue weighted by Crippen LogP contribution is 2.27. The van der Waals surface area contributed by atoms with Gasteiger partial charge in [-0.05, 0) is 60.9 Å². The highest BCUT2D eigenvalue weighted by molar-refractivity contribution is 5.93. The van der Waals surface area contributed by atoms with Crippen molar-refractivity contribution in [3.8, 4) is 0 Å². The fraction of sp³-hybridized carbons (Fsp3) is 0.265. The molecule has 0 saturated carbocycles. The minimum absolute atomic E-state index is 0.0101. The van der Waals surface area contributed by atoms with E-state index in [-0.39, 0.29) is 23.6 Å². The number of nitrogens with two attached hydrogens (primary N) is 1. The molecule has 2 atom stereocenters. The van der Waals surface area contributed by atoms with Crippen molar-refractivity contribution < 1.29 is 14.3 Å². The summed E-state index contributed by atoms with van der Waals surface area (Å²) in [4.78, 5) is 31.9. The van der Waals surface area contributed by atoms with E-state index in [0.717, 1.165) is 35.0 Å². The molecular weight excluding hydrogens is 526 g/mol. The number of primary amides is 1. The third-order valence-corrected chi connectivity index (χ3v) is 7.59. The van der Waals surface area contributed by atoms with Crippen molar-refractivity contribution in [2.24, 2.45) is 5.73 Å². The quantitative estimate of drug-likeness (QED) is 0.149. The van der Waals surface area contributed by atoms with Gasteiger partial charge in [0.25, 0.3) is 5.91 Å². The normalized spacial score (nSPS) is 12.7. The number of aromatic amines is 1. The van der Waals surface area contributed by atoms with Crippen molar-refractivity contribution in [2.75, 3.05) is 5.32 Å². The number of H-pyrrole nitrogens is 1. The fourth-order valence-electron chi connectivity index (χ4n) is 5.22. The Morgan fingerprint density at radius 2 is 1.74 bits per heavy atom. The summed E-state index contributed by atoms with van der Waals surface area (Å²) in [7, 11) is 0. The van der Waals surface area contributed by atoms with Crippen LogP contribution in [0.3, 0.4) is 0 Å². The molecule has 4 N–H and O–H groups in total. The van der Waals surface area contributed by atoms with E-state index in [1.54, 1.807) is 0 Å². The Labute approximate surface area is 245 Å². The van der Waals surface area contributed by atoms with Gasteiger partial charge in [-0.1, -0.05) is 66.7 Å². The lowest BCUT2D eigenvalue weighted by Gasteiger charge is -2.23. The third kappa shape index (κ3) is 7.53. The molecule has 2 amide bonds. The molecule has 0 fully saturated rings. The zero-order chi connectivity index (χ0) is 29.3. The molecule has 0 aliphatic carbocycles. The summed E-state index contributed by atoms with van der Waals surface area (Å²) in [5.74, 6) is 0.0309. The molecule has 2 aromatic heterocycles. The average molecular weight is 564 g/mol. The summed E-state index contributed by atoms with van der Waals surface area (Å²) < 4.78 is 8.44. The monoisotopic (exact) mass is 563 g/mol. The summed E-state index contributed by atoms with van der Waals surface area (Å²) >= 11 is 0. The molecule has 2 heterocycles. The van der Waals surface area contributed by atoms with E-state index in [2.05, 4.69) is 44.2 Å². The number of amides is 2. The molecule has 5 rings (SSSR count). The molecule has 0 radical (unpaired) electrons. The van der Waals surface area contributed by atoms with E-state index in [0.29, 0.717) is 31.8 Å². The van der Waals surface area contributed by atoms with Gasteiger partial charge in [-0.2, -0.15) is 0 Å². The van der Waals surface area contributed by atoms with Crippen molar-refractivity contribution in [1.29, 1.82) is 0 Å². The van der Waals surface area contributed by atoms with Gasteiger partial charge in [0.1, 0.15) is 11.5 Å². The number of fused-ring (bicyclic) bond motifs is 1. The molecule has 0 unspecified atom stereocenters. The third-order valence-electron chi connectivity index (χ3n) is 7.59. The predicted octanol–water partition coefficient (Wildman–Crippen LogP) is 6.20. The number of anilines is 1. The van der Waals surface area contributed by atoms with E-state index in [1.165, 1.54) is 11.8 Å². The zero-order valence-electron chi connectivity index (χ0n) is 23.8. The van der Waals surface area contributed by atoms with Crippen molar-refractivity contribution in [3.63, 3.8) is 0 Å². The van der Waals surface area contributed by atoms with Crippen LogP contribution in [0, 0.1) is 0 Å². The molecule has 8 heteroatoms. The molecule has 8 nitrogen and oxygen atoms in total. The number of aryl methyl sites for hydroxylation is 2. The van der Waals surface area contributed by atoms with Gasteiger partial charge < -0.3 is 25.3 Å². The summed E-state index contributed by atoms with van der Waals surface area (Å²) in [5.41, 5.74) is 9.90. The van der Waals surface area contributed by atoms with Crippen molar-refractivity contribution >= 4 is 28.4 Å². The SMILES string of the molecule is C[C@H](OCc1ccccc1)[C@H](CCn1ccc2ccc(NC(=O)CCCc3ccccc3)cc21)c1ncc(C(N)=O)[nH]1. The van der Waals surface area contributed by atoms with E-state index in [1.807, 2.05) is 73.7 Å². The van der Waals surface area contributed by atoms with Gasteiger partial charge in [0, 0.05) is 30.8 Å². The van der Waals surface area contributed by atoms with Crippen LogP contribution in [0.4, 0.5) is 5.69 Å². The van der Waals surface area contributed by atoms with Gasteiger partial charge in [-0.25, -0.2) is 4.98 Å². The van der Waals surface area contributed by atoms with E-state index in [4.69, 9.17) is 10.5 Å². The summed E-state index contributed by atoms with van der Waals surface area (Å²) in [5, 5.41) is 4.15. The molecule has 0 aliphatic heterocycles. The predicted molar refractivity (Wildman–Crippen MR) is 165 cm³/mol. The minimum Gasteiger partial charge on any atom is -0.373 e. The molecule has 216 valence electrons. The summed E-state index contributed by atoms with van der Waals surface area (Å²) in [6, 6.07) is 28.3. The zero-order valence-corrected chi connectivity index (χ0v) is 23.8. The topological polar surface area (TPSA) is 115 Å². The van der Waals surface area contributed by atoms with Gasteiger partial charge in [0.15, 0.2) is 0 Å². The molecule has 0 bridgehead atoms. The highest BCUT2D eigenvalue weighted by Gasteiger charge is 2.24. The van der Waals surface area contributed by atoms with Gasteiger partial charge >= 0.3 is 0 Å². The molecule has 42 heavy (non-hydrogen) atoms. The Morgan fingerprint density at radius 1 is 1.00 bits per heavy atom. The second-order valence-corrected chi connectivity index (χ2v) is 10.6. The molecule has 0 aliphatic rings. The van der Waals surface area contributed by atoms with Crippen LogP contribution in [0.15, 0.2) is 97.3 Å². The number of nitrogens with one attached hydrogen (secondary N) is 2. The largest absolute Gasteiger partial charge is 0.373 e. The van der Waals surface area contributed by atoms with Crippen LogP contribution in [0.2, 0.25) is 0 Å². The lowest BCUT2D eigenvalue weighted by molar-refractivity contribution is -0.116. The number of imidazole rings is 1. The Kier molecular flexibility index (Phi) is 9.46. The Morgan fingerprint density at radius 3 is 2.45 bits per heavy atom. The van der Waals surface area contributed by atoms with Gasteiger partial charge in [0.05, 0.1) is 24.4 Å². The lowest BCUT2D eigenvalue weighted by Crippen LogP contribution is -2.22. The Bertz CT molecular complexity index is 1610. The van der Waals surface area contributed by atoms with Gasteiger partial charge in [-0.3, -0.25) is 9.59 Å². The lowest BCUT2D eigenvalue weighted by atomic mass is 9.98. The standard InChI is InChI=1S/C34H37N5O3/c1-24(42-23-26-11-6-3-7-12-26)29(34-36-22-30(38-34)33(35)41)18-20-39-19-17-27-15-16-28(21-31(27)39)37-32(40)14-8-13-25-9-4-2-5-10-25/h2-7,9-12,15-17,19,21-22,24,29H,8,13-14,18,20,23H2,1H3,(H2,35,41)(H,36,38)(H,37,40)/t24-,29-/m0/s1. The molecule has 0 spiro atoms. The smallest absolute Gasteiger partial charge is 0.266 e. The summed E-state index contributed by atoms with van der Waals surface area (Å²) in [6.45, 7) is 3.19. The number of benzene rings is 3. The first-order chi connectivity index (χ1) is 20.5. The number of nitrogens with zero attached hydrogens (tertiary/aromatic N) is 2. The second-order valence-electron chi connectivity index (χ2n) is 10.6. The molecular formula is C34H37N5O3. The van der Waals surface area contributed by atoms with Crippen LogP contribution >= 0.6 is 0 Å². The fourth-order valence-corrected chi connectivity index (χ4v) is 5.22. The first-order valence-electron chi connectivity index (χ1n) is 14.4. The maximum atomic E-state index is 12.6. The van der Waals surface area contributed by atoms with E-state index < -0.39 is 5.91 Å². The molecule has 3 aromatic carbocycles. The Balaban J connectivity index is 1.25. The number of hydrogen-bond acceptors (Lipinski definition) is 4. The number of carbonyl (C=O) groups excluding carboxylic acids is 2. The van der Waals surface area contributed by atoms with Crippen LogP contribution in [-0.4, -0.2) is 32.5 Å². The number of aromatic nitrogens is 3. The minimum atomic E-state index is -0.545. The van der Waals surface area contributed by atoms with Crippen molar-refractivity contribution in [3.05, 3.63) is 120 Å². The van der Waals surface area contributed by atoms with Gasteiger partial charge in [0.2, 0.25) is 5.91 Å². The average Bonchev–Trinajstić information content (AvgIpc) is 3.65. The van der Waals surface area contributed by atoms with Crippen LogP contribution in [-0.2, 0) is 29.1 Å². The maximum absolute atomic E-state index is 12.6.